The van der Waals surface area contributed by atoms with Crippen LogP contribution in [0.5, 0.6) is 5.75 Å². The lowest BCUT2D eigenvalue weighted by atomic mass is 9.70. The largest absolute Gasteiger partial charge is 0.492 e. The highest BCUT2D eigenvalue weighted by Gasteiger charge is 2.34. The molecule has 0 saturated carbocycles. The number of hydrogen-bond acceptors (Lipinski definition) is 2. The standard InChI is InChI=1S/C22H28BrFO2/c1-7-14(18(24)12-25)17-11-16-15(13(3)4)9-10-22(5,6)19(16)20(23)21(17)26-8-2/h9,11-13H,7-8,10H2,1-6H3/b18-14+. The number of carbonyl (C=O) groups is 1. The fourth-order valence-corrected chi connectivity index (χ4v) is 4.79. The van der Waals surface area contributed by atoms with Gasteiger partial charge in [0.05, 0.1) is 11.1 Å². The molecule has 4 heteroatoms. The van der Waals surface area contributed by atoms with Gasteiger partial charge in [-0.2, -0.15) is 0 Å². The summed E-state index contributed by atoms with van der Waals surface area (Å²) < 4.78 is 21.1. The molecule has 0 saturated heterocycles. The van der Waals surface area contributed by atoms with E-state index in [4.69, 9.17) is 4.74 Å². The van der Waals surface area contributed by atoms with Crippen LogP contribution >= 0.6 is 15.9 Å². The summed E-state index contributed by atoms with van der Waals surface area (Å²) in [6, 6.07) is 2.01. The van der Waals surface area contributed by atoms with E-state index in [9.17, 15) is 9.18 Å². The Balaban J connectivity index is 2.92. The van der Waals surface area contributed by atoms with E-state index < -0.39 is 5.83 Å². The van der Waals surface area contributed by atoms with E-state index in [1.165, 1.54) is 11.1 Å². The van der Waals surface area contributed by atoms with E-state index in [-0.39, 0.29) is 11.7 Å². The van der Waals surface area contributed by atoms with Gasteiger partial charge in [-0.15, -0.1) is 0 Å². The average molecular weight is 423 g/mol. The molecule has 0 unspecified atom stereocenters. The highest BCUT2D eigenvalue weighted by Crippen LogP contribution is 2.50. The van der Waals surface area contributed by atoms with Crippen LogP contribution in [0.3, 0.4) is 0 Å². The smallest absolute Gasteiger partial charge is 0.178 e. The van der Waals surface area contributed by atoms with Crippen LogP contribution in [-0.4, -0.2) is 12.9 Å². The van der Waals surface area contributed by atoms with Crippen molar-refractivity contribution in [3.8, 4) is 5.75 Å². The topological polar surface area (TPSA) is 26.3 Å². The van der Waals surface area contributed by atoms with Gasteiger partial charge in [-0.05, 0) is 69.8 Å². The maximum atomic E-state index is 14.3. The fourth-order valence-electron chi connectivity index (χ4n) is 3.71. The van der Waals surface area contributed by atoms with Gasteiger partial charge in [0, 0.05) is 11.1 Å². The number of rotatable bonds is 6. The molecule has 1 aromatic rings. The van der Waals surface area contributed by atoms with E-state index in [1.807, 2.05) is 19.9 Å². The molecule has 0 aliphatic heterocycles. The fraction of sp³-hybridized carbons (Fsp3) is 0.500. The molecule has 142 valence electrons. The second-order valence-corrected chi connectivity index (χ2v) is 8.42. The lowest BCUT2D eigenvalue weighted by molar-refractivity contribution is -0.106. The summed E-state index contributed by atoms with van der Waals surface area (Å²) in [6.07, 6.45) is 3.93. The van der Waals surface area contributed by atoms with Crippen LogP contribution in [0, 0.1) is 5.92 Å². The number of halogens is 2. The third-order valence-corrected chi connectivity index (χ3v) is 5.78. The van der Waals surface area contributed by atoms with Crippen molar-refractivity contribution < 1.29 is 13.9 Å². The summed E-state index contributed by atoms with van der Waals surface area (Å²) in [6.45, 7) is 13.0. The maximum absolute atomic E-state index is 14.3. The minimum absolute atomic E-state index is 0.0593. The van der Waals surface area contributed by atoms with Gasteiger partial charge >= 0.3 is 0 Å². The summed E-state index contributed by atoms with van der Waals surface area (Å²) in [7, 11) is 0. The van der Waals surface area contributed by atoms with Crippen molar-refractivity contribution >= 4 is 33.4 Å². The lowest BCUT2D eigenvalue weighted by Crippen LogP contribution is -2.24. The summed E-state index contributed by atoms with van der Waals surface area (Å²) in [4.78, 5) is 11.1. The molecule has 1 aromatic carbocycles. The minimum Gasteiger partial charge on any atom is -0.492 e. The van der Waals surface area contributed by atoms with Gasteiger partial charge in [-0.3, -0.25) is 4.79 Å². The molecule has 1 aliphatic rings. The highest BCUT2D eigenvalue weighted by molar-refractivity contribution is 9.10. The summed E-state index contributed by atoms with van der Waals surface area (Å²) >= 11 is 3.75. The normalized spacial score (nSPS) is 16.7. The average Bonchev–Trinajstić information content (AvgIpc) is 2.57. The zero-order valence-corrected chi connectivity index (χ0v) is 18.1. The van der Waals surface area contributed by atoms with Gasteiger partial charge in [0.1, 0.15) is 5.75 Å². The van der Waals surface area contributed by atoms with Crippen LogP contribution in [0.2, 0.25) is 0 Å². The van der Waals surface area contributed by atoms with Crippen molar-refractivity contribution in [2.75, 3.05) is 6.61 Å². The van der Waals surface area contributed by atoms with Gasteiger partial charge in [-0.1, -0.05) is 40.7 Å². The van der Waals surface area contributed by atoms with Crippen LogP contribution in [-0.2, 0) is 10.2 Å². The Bertz CT molecular complexity index is 773. The second kappa shape index (κ2) is 8.08. The number of aldehydes is 1. The molecule has 0 heterocycles. The lowest BCUT2D eigenvalue weighted by Gasteiger charge is -2.36. The quantitative estimate of drug-likeness (QED) is 0.369. The van der Waals surface area contributed by atoms with Crippen molar-refractivity contribution in [3.63, 3.8) is 0 Å². The Hall–Kier alpha value is -1.42. The molecule has 2 rings (SSSR count). The molecule has 1 aliphatic carbocycles. The van der Waals surface area contributed by atoms with E-state index in [2.05, 4.69) is 49.7 Å². The molecule has 0 fully saturated rings. The van der Waals surface area contributed by atoms with E-state index in [0.717, 1.165) is 16.5 Å². The van der Waals surface area contributed by atoms with Gasteiger partial charge in [0.15, 0.2) is 12.1 Å². The van der Waals surface area contributed by atoms with Crippen LogP contribution in [0.25, 0.3) is 11.1 Å². The first-order valence-electron chi connectivity index (χ1n) is 9.23. The molecule has 0 amide bonds. The molecule has 0 bridgehead atoms. The van der Waals surface area contributed by atoms with Crippen molar-refractivity contribution in [1.82, 2.24) is 0 Å². The third kappa shape index (κ3) is 3.66. The van der Waals surface area contributed by atoms with E-state index in [1.54, 1.807) is 0 Å². The maximum Gasteiger partial charge on any atom is 0.178 e. The Labute approximate surface area is 164 Å². The molecule has 26 heavy (non-hydrogen) atoms. The third-order valence-electron chi connectivity index (χ3n) is 5.02. The van der Waals surface area contributed by atoms with E-state index >= 15 is 0 Å². The Morgan fingerprint density at radius 3 is 2.54 bits per heavy atom. The zero-order chi connectivity index (χ0) is 19.6. The molecular formula is C22H28BrFO2. The summed E-state index contributed by atoms with van der Waals surface area (Å²) in [5.74, 6) is 0.246. The van der Waals surface area contributed by atoms with Crippen LogP contribution in [0.15, 0.2) is 22.4 Å². The number of carbonyl (C=O) groups excluding carboxylic acids is 1. The molecular weight excluding hydrogens is 395 g/mol. The van der Waals surface area contributed by atoms with Gasteiger partial charge in [0.25, 0.3) is 0 Å². The van der Waals surface area contributed by atoms with Crippen molar-refractivity contribution in [2.24, 2.45) is 5.92 Å². The van der Waals surface area contributed by atoms with Crippen molar-refractivity contribution in [2.45, 2.75) is 59.8 Å². The molecule has 0 atom stereocenters. The van der Waals surface area contributed by atoms with Gasteiger partial charge < -0.3 is 4.74 Å². The zero-order valence-electron chi connectivity index (χ0n) is 16.5. The minimum atomic E-state index is -0.731. The molecule has 0 N–H and O–H groups in total. The van der Waals surface area contributed by atoms with Crippen LogP contribution in [0.1, 0.15) is 71.1 Å². The first kappa shape index (κ1) is 20.9. The predicted molar refractivity (Wildman–Crippen MR) is 110 cm³/mol. The SMILES string of the molecule is CCOc1c(/C(CC)=C(/F)C=O)cc2c(c1Br)C(C)(C)CC=C2C(C)C. The summed E-state index contributed by atoms with van der Waals surface area (Å²) in [5.41, 5.74) is 4.55. The van der Waals surface area contributed by atoms with Crippen LogP contribution in [0.4, 0.5) is 4.39 Å². The first-order chi connectivity index (χ1) is 12.2. The molecule has 0 radical (unpaired) electrons. The number of ether oxygens (including phenoxy) is 1. The highest BCUT2D eigenvalue weighted by atomic mass is 79.9. The monoisotopic (exact) mass is 422 g/mol. The van der Waals surface area contributed by atoms with Crippen molar-refractivity contribution in [1.29, 1.82) is 0 Å². The number of allylic oxidation sites excluding steroid dienone is 4. The molecule has 0 spiro atoms. The molecule has 0 aromatic heterocycles. The van der Waals surface area contributed by atoms with Crippen molar-refractivity contribution in [3.05, 3.63) is 39.1 Å². The Morgan fingerprint density at radius 2 is 2.04 bits per heavy atom. The Kier molecular flexibility index (Phi) is 6.49. The number of hydrogen-bond donors (Lipinski definition) is 0. The summed E-state index contributed by atoms with van der Waals surface area (Å²) in [5, 5.41) is 0. The number of benzene rings is 1. The number of fused-ring (bicyclic) bond motifs is 1. The van der Waals surface area contributed by atoms with Gasteiger partial charge in [-0.25, -0.2) is 4.39 Å². The first-order valence-corrected chi connectivity index (χ1v) is 10.0. The van der Waals surface area contributed by atoms with E-state index in [0.29, 0.717) is 35.8 Å². The Morgan fingerprint density at radius 1 is 1.38 bits per heavy atom. The van der Waals surface area contributed by atoms with Crippen LogP contribution < -0.4 is 4.74 Å². The van der Waals surface area contributed by atoms with Gasteiger partial charge in [0.2, 0.25) is 0 Å². The second-order valence-electron chi connectivity index (χ2n) is 7.62. The predicted octanol–water partition coefficient (Wildman–Crippen LogP) is 6.86. The molecule has 2 nitrogen and oxygen atoms in total.